The zero-order valence-electron chi connectivity index (χ0n) is 17.2. The molecule has 164 valence electrons. The van der Waals surface area contributed by atoms with Crippen LogP contribution in [0.5, 0.6) is 17.2 Å². The molecule has 0 fully saturated rings. The van der Waals surface area contributed by atoms with Gasteiger partial charge in [0.25, 0.3) is 0 Å². The third-order valence-corrected chi connectivity index (χ3v) is 7.03. The Kier molecular flexibility index (Phi) is 5.30. The molecule has 1 aromatic heterocycles. The molecular formula is C23H19BrN2O5S. The molecule has 9 heteroatoms. The first-order valence-corrected chi connectivity index (χ1v) is 11.5. The summed E-state index contributed by atoms with van der Waals surface area (Å²) in [5.41, 5.74) is 2.40. The molecule has 2 aliphatic rings. The highest BCUT2D eigenvalue weighted by Crippen LogP contribution is 2.50. The first-order chi connectivity index (χ1) is 15.5. The van der Waals surface area contributed by atoms with Gasteiger partial charge in [-0.15, -0.1) is 11.3 Å². The number of hydrazone groups is 1. The molecule has 3 aromatic rings. The lowest BCUT2D eigenvalue weighted by atomic mass is 9.96. The number of hydrogen-bond acceptors (Lipinski definition) is 7. The highest BCUT2D eigenvalue weighted by Gasteiger charge is 2.43. The molecule has 7 nitrogen and oxygen atoms in total. The van der Waals surface area contributed by atoms with Crippen LogP contribution in [0.4, 0.5) is 0 Å². The van der Waals surface area contributed by atoms with Crippen molar-refractivity contribution in [2.75, 3.05) is 14.2 Å². The van der Waals surface area contributed by atoms with E-state index in [1.54, 1.807) is 23.5 Å². The van der Waals surface area contributed by atoms with E-state index in [1.165, 1.54) is 14.2 Å². The number of carbonyl (C=O) groups is 1. The minimum absolute atomic E-state index is 0.00376. The lowest BCUT2D eigenvalue weighted by molar-refractivity contribution is -0.0199. The predicted octanol–water partition coefficient (Wildman–Crippen LogP) is 5.47. The average Bonchev–Trinajstić information content (AvgIpc) is 3.47. The van der Waals surface area contributed by atoms with E-state index in [0.717, 1.165) is 20.6 Å². The van der Waals surface area contributed by atoms with E-state index in [0.29, 0.717) is 23.5 Å². The summed E-state index contributed by atoms with van der Waals surface area (Å²) in [6.07, 6.45) is -0.0449. The van der Waals surface area contributed by atoms with Gasteiger partial charge in [-0.05, 0) is 41.8 Å². The summed E-state index contributed by atoms with van der Waals surface area (Å²) in [6, 6.07) is 13.2. The molecule has 1 N–H and O–H groups in total. The Morgan fingerprint density at radius 1 is 1.22 bits per heavy atom. The number of nitrogens with zero attached hydrogens (tertiary/aromatic N) is 2. The minimum Gasteiger partial charge on any atom is -0.493 e. The summed E-state index contributed by atoms with van der Waals surface area (Å²) < 4.78 is 18.0. The maximum absolute atomic E-state index is 12.3. The van der Waals surface area contributed by atoms with Crippen molar-refractivity contribution in [2.45, 2.75) is 18.7 Å². The van der Waals surface area contributed by atoms with Crippen LogP contribution in [0.1, 0.15) is 45.1 Å². The molecule has 2 aromatic carbocycles. The van der Waals surface area contributed by atoms with Crippen LogP contribution < -0.4 is 14.2 Å². The smallest absolute Gasteiger partial charge is 0.340 e. The van der Waals surface area contributed by atoms with Gasteiger partial charge in [0.1, 0.15) is 11.3 Å². The molecule has 0 unspecified atom stereocenters. The second kappa shape index (κ2) is 8.14. The number of fused-ring (bicyclic) bond motifs is 3. The largest absolute Gasteiger partial charge is 0.493 e. The number of ether oxygens (including phenoxy) is 3. The van der Waals surface area contributed by atoms with Crippen LogP contribution >= 0.6 is 27.3 Å². The number of thiophene rings is 1. The Morgan fingerprint density at radius 2 is 2.06 bits per heavy atom. The minimum atomic E-state index is -1.13. The molecule has 0 saturated carbocycles. The number of carboxylic acids is 1. The van der Waals surface area contributed by atoms with Gasteiger partial charge in [0.15, 0.2) is 11.5 Å². The maximum Gasteiger partial charge on any atom is 0.340 e. The van der Waals surface area contributed by atoms with Crippen molar-refractivity contribution in [1.29, 1.82) is 0 Å². The summed E-state index contributed by atoms with van der Waals surface area (Å²) in [7, 11) is 2.90. The summed E-state index contributed by atoms with van der Waals surface area (Å²) >= 11 is 5.18. The van der Waals surface area contributed by atoms with Gasteiger partial charge in [0.05, 0.1) is 30.9 Å². The first kappa shape index (κ1) is 20.8. The summed E-state index contributed by atoms with van der Waals surface area (Å²) in [5, 5.41) is 18.8. The van der Waals surface area contributed by atoms with Crippen LogP contribution in [0.3, 0.4) is 0 Å². The quantitative estimate of drug-likeness (QED) is 0.486. The van der Waals surface area contributed by atoms with Crippen molar-refractivity contribution in [1.82, 2.24) is 5.01 Å². The Morgan fingerprint density at radius 3 is 2.75 bits per heavy atom. The molecule has 0 amide bonds. The molecule has 0 saturated heterocycles. The first-order valence-electron chi connectivity index (χ1n) is 9.85. The summed E-state index contributed by atoms with van der Waals surface area (Å²) in [6.45, 7) is 0. The Balaban J connectivity index is 1.69. The third-order valence-electron chi connectivity index (χ3n) is 5.62. The van der Waals surface area contributed by atoms with Gasteiger partial charge in [0.2, 0.25) is 6.23 Å². The standard InChI is InChI=1S/C23H19BrN2O5S/c1-29-18-8-6-13(20(23(27)28)21(18)30-2)22-26-16(11-15(25-26)19-4-3-9-32-19)14-10-12(24)5-7-17(14)31-22/h3-10,16,22H,11H2,1-2H3,(H,27,28)/t16-,22+/m1/s1. The monoisotopic (exact) mass is 514 g/mol. The molecule has 5 rings (SSSR count). The number of benzene rings is 2. The average molecular weight is 515 g/mol. The molecule has 3 heterocycles. The van der Waals surface area contributed by atoms with Crippen molar-refractivity contribution >= 4 is 38.9 Å². The van der Waals surface area contributed by atoms with E-state index in [1.807, 2.05) is 40.7 Å². The van der Waals surface area contributed by atoms with Crippen LogP contribution in [0.15, 0.2) is 57.4 Å². The van der Waals surface area contributed by atoms with Crippen LogP contribution in [-0.4, -0.2) is 36.0 Å². The van der Waals surface area contributed by atoms with E-state index < -0.39 is 12.2 Å². The van der Waals surface area contributed by atoms with Gasteiger partial charge < -0.3 is 19.3 Å². The highest BCUT2D eigenvalue weighted by molar-refractivity contribution is 9.10. The molecule has 2 aliphatic heterocycles. The zero-order chi connectivity index (χ0) is 22.4. The van der Waals surface area contributed by atoms with Gasteiger partial charge in [-0.1, -0.05) is 22.0 Å². The third kappa shape index (κ3) is 3.32. The molecule has 0 bridgehead atoms. The summed E-state index contributed by atoms with van der Waals surface area (Å²) in [5.74, 6) is 0.0720. The van der Waals surface area contributed by atoms with Crippen molar-refractivity contribution in [3.05, 3.63) is 73.9 Å². The topological polar surface area (TPSA) is 80.6 Å². The lowest BCUT2D eigenvalue weighted by Gasteiger charge is -2.38. The van der Waals surface area contributed by atoms with Crippen molar-refractivity contribution < 1.29 is 24.1 Å². The number of halogens is 1. The second-order valence-electron chi connectivity index (χ2n) is 7.35. The molecule has 0 spiro atoms. The molecule has 0 radical (unpaired) electrons. The Hall–Kier alpha value is -3.04. The number of methoxy groups -OCH3 is 2. The number of hydrogen-bond donors (Lipinski definition) is 1. The molecule has 32 heavy (non-hydrogen) atoms. The summed E-state index contributed by atoms with van der Waals surface area (Å²) in [4.78, 5) is 13.4. The zero-order valence-corrected chi connectivity index (χ0v) is 19.6. The SMILES string of the molecule is COc1ccc([C@@H]2Oc3ccc(Br)cc3[C@H]3CC(c4cccs4)=NN32)c(C(=O)O)c1OC. The van der Waals surface area contributed by atoms with Crippen molar-refractivity contribution in [2.24, 2.45) is 5.10 Å². The maximum atomic E-state index is 12.3. The van der Waals surface area contributed by atoms with Gasteiger partial charge in [0, 0.05) is 22.0 Å². The van der Waals surface area contributed by atoms with Crippen LogP contribution in [0.25, 0.3) is 0 Å². The van der Waals surface area contributed by atoms with Crippen LogP contribution in [0.2, 0.25) is 0 Å². The van der Waals surface area contributed by atoms with Gasteiger partial charge in [-0.2, -0.15) is 5.10 Å². The fourth-order valence-corrected chi connectivity index (χ4v) is 5.32. The van der Waals surface area contributed by atoms with E-state index >= 15 is 0 Å². The number of rotatable bonds is 5. The van der Waals surface area contributed by atoms with E-state index in [2.05, 4.69) is 15.9 Å². The van der Waals surface area contributed by atoms with Gasteiger partial charge in [-0.25, -0.2) is 9.80 Å². The van der Waals surface area contributed by atoms with E-state index in [4.69, 9.17) is 19.3 Å². The predicted molar refractivity (Wildman–Crippen MR) is 124 cm³/mol. The Bertz CT molecular complexity index is 1230. The normalized spacial score (nSPS) is 19.0. The lowest BCUT2D eigenvalue weighted by Crippen LogP contribution is -2.34. The van der Waals surface area contributed by atoms with Gasteiger partial charge in [-0.3, -0.25) is 0 Å². The van der Waals surface area contributed by atoms with Crippen molar-refractivity contribution in [3.8, 4) is 17.2 Å². The highest BCUT2D eigenvalue weighted by atomic mass is 79.9. The Labute approximate surface area is 197 Å². The van der Waals surface area contributed by atoms with Gasteiger partial charge >= 0.3 is 5.97 Å². The number of aromatic carboxylic acids is 1. The second-order valence-corrected chi connectivity index (χ2v) is 9.21. The number of carboxylic acid groups (broad SMARTS) is 1. The molecular weight excluding hydrogens is 496 g/mol. The fraction of sp³-hybridized carbons (Fsp3) is 0.217. The molecule has 0 aliphatic carbocycles. The van der Waals surface area contributed by atoms with E-state index in [-0.39, 0.29) is 17.4 Å². The van der Waals surface area contributed by atoms with E-state index in [9.17, 15) is 9.90 Å². The van der Waals surface area contributed by atoms with Crippen LogP contribution in [-0.2, 0) is 0 Å². The van der Waals surface area contributed by atoms with Crippen LogP contribution in [0, 0.1) is 0 Å². The van der Waals surface area contributed by atoms with Crippen molar-refractivity contribution in [3.63, 3.8) is 0 Å². The fourth-order valence-electron chi connectivity index (χ4n) is 4.22. The molecule has 2 atom stereocenters.